The van der Waals surface area contributed by atoms with E-state index in [-0.39, 0.29) is 25.2 Å². The first-order valence-corrected chi connectivity index (χ1v) is 11.6. The number of nitrogens with one attached hydrogen (secondary N) is 1. The number of hydrogen-bond acceptors (Lipinski definition) is 6. The fourth-order valence-corrected chi connectivity index (χ4v) is 3.64. The molecule has 2 aromatic carbocycles. The first-order chi connectivity index (χ1) is 16.0. The van der Waals surface area contributed by atoms with E-state index in [0.29, 0.717) is 23.6 Å². The standard InChI is InChI=1S/C26H32N2O5/c1-2-18-32-23-12-6-20(7-13-23)24(29)14-15-26(31)33-19-25(30)27-21-8-10-22(11-9-21)28-16-4-3-5-17-28/h6-13H,2-5,14-19H2,1H3,(H,27,30). The van der Waals surface area contributed by atoms with Crippen LogP contribution in [0.15, 0.2) is 48.5 Å². The Morgan fingerprint density at radius 3 is 2.27 bits per heavy atom. The van der Waals surface area contributed by atoms with Crippen molar-refractivity contribution in [1.29, 1.82) is 0 Å². The zero-order chi connectivity index (χ0) is 23.5. The highest BCUT2D eigenvalue weighted by atomic mass is 16.5. The van der Waals surface area contributed by atoms with Gasteiger partial charge in [0.2, 0.25) is 0 Å². The van der Waals surface area contributed by atoms with Gasteiger partial charge in [0.25, 0.3) is 5.91 Å². The van der Waals surface area contributed by atoms with Gasteiger partial charge in [-0.1, -0.05) is 6.92 Å². The summed E-state index contributed by atoms with van der Waals surface area (Å²) in [5.74, 6) is -0.447. The zero-order valence-electron chi connectivity index (χ0n) is 19.2. The Hall–Kier alpha value is -3.35. The number of carbonyl (C=O) groups is 3. The summed E-state index contributed by atoms with van der Waals surface area (Å²) in [4.78, 5) is 38.6. The number of hydrogen-bond donors (Lipinski definition) is 1. The predicted octanol–water partition coefficient (Wildman–Crippen LogP) is 4.61. The Balaban J connectivity index is 1.36. The van der Waals surface area contributed by atoms with Crippen molar-refractivity contribution in [2.75, 3.05) is 36.5 Å². The molecule has 0 saturated carbocycles. The van der Waals surface area contributed by atoms with Crippen LogP contribution in [0.5, 0.6) is 5.75 Å². The molecule has 7 heteroatoms. The summed E-state index contributed by atoms with van der Waals surface area (Å²) in [5.41, 5.74) is 2.31. The molecule has 0 spiro atoms. The Bertz CT molecular complexity index is 919. The maximum absolute atomic E-state index is 12.3. The molecule has 0 radical (unpaired) electrons. The second-order valence-corrected chi connectivity index (χ2v) is 8.10. The maximum Gasteiger partial charge on any atom is 0.306 e. The molecule has 1 amide bonds. The van der Waals surface area contributed by atoms with Crippen molar-refractivity contribution in [3.05, 3.63) is 54.1 Å². The summed E-state index contributed by atoms with van der Waals surface area (Å²) in [7, 11) is 0. The highest BCUT2D eigenvalue weighted by Crippen LogP contribution is 2.21. The molecule has 1 aliphatic rings. The van der Waals surface area contributed by atoms with Gasteiger partial charge in [0.15, 0.2) is 12.4 Å². The topological polar surface area (TPSA) is 84.9 Å². The third-order valence-electron chi connectivity index (χ3n) is 5.44. The minimum Gasteiger partial charge on any atom is -0.494 e. The number of rotatable bonds is 11. The first kappa shape index (κ1) is 24.3. The van der Waals surface area contributed by atoms with Crippen molar-refractivity contribution in [2.45, 2.75) is 45.4 Å². The van der Waals surface area contributed by atoms with Crippen molar-refractivity contribution in [3.63, 3.8) is 0 Å². The van der Waals surface area contributed by atoms with E-state index in [2.05, 4.69) is 10.2 Å². The third kappa shape index (κ3) is 7.93. The van der Waals surface area contributed by atoms with E-state index in [4.69, 9.17) is 9.47 Å². The van der Waals surface area contributed by atoms with Crippen molar-refractivity contribution in [2.24, 2.45) is 0 Å². The SMILES string of the molecule is CCCOc1ccc(C(=O)CCC(=O)OCC(=O)Nc2ccc(N3CCCCC3)cc2)cc1. The van der Waals surface area contributed by atoms with Crippen LogP contribution in [0.4, 0.5) is 11.4 Å². The van der Waals surface area contributed by atoms with Gasteiger partial charge >= 0.3 is 5.97 Å². The number of piperidine rings is 1. The number of Topliss-reactive ketones (excluding diaryl/α,β-unsaturated/α-hetero) is 1. The Kier molecular flexibility index (Phi) is 9.30. The summed E-state index contributed by atoms with van der Waals surface area (Å²) >= 11 is 0. The van der Waals surface area contributed by atoms with E-state index in [1.54, 1.807) is 24.3 Å². The van der Waals surface area contributed by atoms with Crippen LogP contribution in [0, 0.1) is 0 Å². The van der Waals surface area contributed by atoms with Gasteiger partial charge in [-0.2, -0.15) is 0 Å². The molecule has 1 N–H and O–H groups in total. The summed E-state index contributed by atoms with van der Waals surface area (Å²) in [6, 6.07) is 14.5. The molecule has 1 fully saturated rings. The van der Waals surface area contributed by atoms with E-state index in [1.807, 2.05) is 31.2 Å². The monoisotopic (exact) mass is 452 g/mol. The molecule has 0 bridgehead atoms. The Morgan fingerprint density at radius 1 is 0.909 bits per heavy atom. The van der Waals surface area contributed by atoms with Crippen molar-refractivity contribution in [3.8, 4) is 5.75 Å². The largest absolute Gasteiger partial charge is 0.494 e. The van der Waals surface area contributed by atoms with Gasteiger partial charge in [-0.15, -0.1) is 0 Å². The number of amides is 1. The van der Waals surface area contributed by atoms with Crippen molar-refractivity contribution < 1.29 is 23.9 Å². The van der Waals surface area contributed by atoms with Crippen LogP contribution in [-0.2, 0) is 14.3 Å². The lowest BCUT2D eigenvalue weighted by atomic mass is 10.1. The van der Waals surface area contributed by atoms with Crippen LogP contribution in [0.25, 0.3) is 0 Å². The van der Waals surface area contributed by atoms with E-state index in [0.717, 1.165) is 25.2 Å². The Labute approximate surface area is 195 Å². The molecule has 3 rings (SSSR count). The predicted molar refractivity (Wildman–Crippen MR) is 128 cm³/mol. The smallest absolute Gasteiger partial charge is 0.306 e. The fourth-order valence-electron chi connectivity index (χ4n) is 3.64. The molecule has 0 aromatic heterocycles. The third-order valence-corrected chi connectivity index (χ3v) is 5.44. The molecule has 1 heterocycles. The number of esters is 1. The highest BCUT2D eigenvalue weighted by Gasteiger charge is 2.13. The number of anilines is 2. The zero-order valence-corrected chi connectivity index (χ0v) is 19.2. The molecular weight excluding hydrogens is 420 g/mol. The van der Waals surface area contributed by atoms with Crippen molar-refractivity contribution >= 4 is 29.0 Å². The molecule has 1 aliphatic heterocycles. The summed E-state index contributed by atoms with van der Waals surface area (Å²) in [5, 5.41) is 2.72. The second-order valence-electron chi connectivity index (χ2n) is 8.10. The second kappa shape index (κ2) is 12.6. The van der Waals surface area contributed by atoms with Crippen LogP contribution in [-0.4, -0.2) is 44.0 Å². The molecule has 0 aliphatic carbocycles. The van der Waals surface area contributed by atoms with E-state index >= 15 is 0 Å². The van der Waals surface area contributed by atoms with E-state index in [1.165, 1.54) is 19.3 Å². The highest BCUT2D eigenvalue weighted by molar-refractivity contribution is 5.98. The molecule has 2 aromatic rings. The molecule has 7 nitrogen and oxygen atoms in total. The van der Waals surface area contributed by atoms with Crippen LogP contribution in [0.3, 0.4) is 0 Å². The molecule has 0 atom stereocenters. The summed E-state index contributed by atoms with van der Waals surface area (Å²) < 4.78 is 10.5. The maximum atomic E-state index is 12.3. The lowest BCUT2D eigenvalue weighted by Crippen LogP contribution is -2.29. The number of ketones is 1. The van der Waals surface area contributed by atoms with E-state index in [9.17, 15) is 14.4 Å². The van der Waals surface area contributed by atoms with Gasteiger partial charge in [-0.3, -0.25) is 14.4 Å². The average Bonchev–Trinajstić information content (AvgIpc) is 2.86. The van der Waals surface area contributed by atoms with Crippen molar-refractivity contribution in [1.82, 2.24) is 0 Å². The fraction of sp³-hybridized carbons (Fsp3) is 0.423. The van der Waals surface area contributed by atoms with Crippen LogP contribution in [0.2, 0.25) is 0 Å². The minimum atomic E-state index is -0.582. The van der Waals surface area contributed by atoms with E-state index < -0.39 is 11.9 Å². The minimum absolute atomic E-state index is 0.0214. The Morgan fingerprint density at radius 2 is 1.61 bits per heavy atom. The summed E-state index contributed by atoms with van der Waals surface area (Å²) in [6.45, 7) is 4.38. The normalized spacial score (nSPS) is 13.3. The quantitative estimate of drug-likeness (QED) is 0.396. The molecule has 0 unspecified atom stereocenters. The van der Waals surface area contributed by atoms with Crippen LogP contribution < -0.4 is 15.0 Å². The van der Waals surface area contributed by atoms with Gasteiger partial charge in [0.05, 0.1) is 13.0 Å². The number of ether oxygens (including phenoxy) is 2. The van der Waals surface area contributed by atoms with Gasteiger partial charge in [-0.05, 0) is 74.2 Å². The average molecular weight is 453 g/mol. The van der Waals surface area contributed by atoms with Crippen LogP contribution >= 0.6 is 0 Å². The number of benzene rings is 2. The summed E-state index contributed by atoms with van der Waals surface area (Å²) in [6.07, 6.45) is 4.54. The molecule has 1 saturated heterocycles. The lowest BCUT2D eigenvalue weighted by Gasteiger charge is -2.28. The molecule has 33 heavy (non-hydrogen) atoms. The number of nitrogens with zero attached hydrogens (tertiary/aromatic N) is 1. The van der Waals surface area contributed by atoms with Crippen LogP contribution in [0.1, 0.15) is 55.8 Å². The lowest BCUT2D eigenvalue weighted by molar-refractivity contribution is -0.147. The number of carbonyl (C=O) groups excluding carboxylic acids is 3. The van der Waals surface area contributed by atoms with Gasteiger partial charge in [0, 0.05) is 36.4 Å². The van der Waals surface area contributed by atoms with Gasteiger partial charge < -0.3 is 19.7 Å². The first-order valence-electron chi connectivity index (χ1n) is 11.6. The van der Waals surface area contributed by atoms with Gasteiger partial charge in [0.1, 0.15) is 5.75 Å². The molecule has 176 valence electrons. The van der Waals surface area contributed by atoms with Gasteiger partial charge in [-0.25, -0.2) is 0 Å². The molecular formula is C26H32N2O5.